The van der Waals surface area contributed by atoms with Gasteiger partial charge in [0.2, 0.25) is 0 Å². The fraction of sp³-hybridized carbons (Fsp3) is 0.917. The van der Waals surface area contributed by atoms with E-state index in [1.54, 1.807) is 13.8 Å². The zero-order chi connectivity index (χ0) is 13.3. The lowest BCUT2D eigenvalue weighted by atomic mass is 10.0. The van der Waals surface area contributed by atoms with Crippen molar-refractivity contribution in [3.63, 3.8) is 0 Å². The van der Waals surface area contributed by atoms with Gasteiger partial charge in [-0.3, -0.25) is 4.79 Å². The Hall–Kier alpha value is -0.650. The summed E-state index contributed by atoms with van der Waals surface area (Å²) in [6.45, 7) is 9.25. The SMILES string of the molecule is CCOCC(C)OCCC(C)(N)C(=O)OCC. The fourth-order valence-electron chi connectivity index (χ4n) is 1.20. The molecule has 0 aromatic heterocycles. The van der Waals surface area contributed by atoms with Crippen LogP contribution in [0.25, 0.3) is 0 Å². The van der Waals surface area contributed by atoms with Gasteiger partial charge in [0.1, 0.15) is 5.54 Å². The molecule has 0 aromatic carbocycles. The van der Waals surface area contributed by atoms with Crippen LogP contribution in [0.2, 0.25) is 0 Å². The predicted molar refractivity (Wildman–Crippen MR) is 65.7 cm³/mol. The summed E-state index contributed by atoms with van der Waals surface area (Å²) in [4.78, 5) is 11.5. The number of hydrogen-bond acceptors (Lipinski definition) is 5. The van der Waals surface area contributed by atoms with E-state index in [0.29, 0.717) is 32.8 Å². The van der Waals surface area contributed by atoms with Crippen LogP contribution in [-0.2, 0) is 19.0 Å². The lowest BCUT2D eigenvalue weighted by Gasteiger charge is -2.23. The largest absolute Gasteiger partial charge is 0.465 e. The monoisotopic (exact) mass is 247 g/mol. The molecule has 0 fully saturated rings. The summed E-state index contributed by atoms with van der Waals surface area (Å²) < 4.78 is 15.6. The van der Waals surface area contributed by atoms with E-state index in [9.17, 15) is 4.79 Å². The Morgan fingerprint density at radius 3 is 2.53 bits per heavy atom. The van der Waals surface area contributed by atoms with E-state index in [1.807, 2.05) is 13.8 Å². The van der Waals surface area contributed by atoms with Crippen molar-refractivity contribution < 1.29 is 19.0 Å². The molecular weight excluding hydrogens is 222 g/mol. The third-order valence-corrected chi connectivity index (χ3v) is 2.32. The normalized spacial score (nSPS) is 16.3. The minimum atomic E-state index is -0.985. The van der Waals surface area contributed by atoms with Gasteiger partial charge in [0, 0.05) is 13.2 Å². The van der Waals surface area contributed by atoms with E-state index in [4.69, 9.17) is 19.9 Å². The number of ether oxygens (including phenoxy) is 3. The maximum Gasteiger partial charge on any atom is 0.325 e. The Morgan fingerprint density at radius 2 is 2.00 bits per heavy atom. The second kappa shape index (κ2) is 8.44. The summed E-state index contributed by atoms with van der Waals surface area (Å²) in [6, 6.07) is 0. The smallest absolute Gasteiger partial charge is 0.325 e. The van der Waals surface area contributed by atoms with Crippen molar-refractivity contribution in [1.82, 2.24) is 0 Å². The molecule has 2 N–H and O–H groups in total. The zero-order valence-electron chi connectivity index (χ0n) is 11.3. The topological polar surface area (TPSA) is 70.8 Å². The molecule has 0 spiro atoms. The third-order valence-electron chi connectivity index (χ3n) is 2.32. The van der Waals surface area contributed by atoms with Gasteiger partial charge in [0.25, 0.3) is 0 Å². The summed E-state index contributed by atoms with van der Waals surface area (Å²) in [5.74, 6) is -0.388. The van der Waals surface area contributed by atoms with Crippen molar-refractivity contribution in [3.8, 4) is 0 Å². The molecule has 0 radical (unpaired) electrons. The second-order valence-corrected chi connectivity index (χ2v) is 4.23. The Kier molecular flexibility index (Phi) is 8.12. The molecule has 0 bridgehead atoms. The van der Waals surface area contributed by atoms with E-state index in [1.165, 1.54) is 0 Å². The van der Waals surface area contributed by atoms with E-state index in [-0.39, 0.29) is 12.1 Å². The lowest BCUT2D eigenvalue weighted by molar-refractivity contribution is -0.150. The molecule has 5 nitrogen and oxygen atoms in total. The van der Waals surface area contributed by atoms with Crippen LogP contribution in [0.5, 0.6) is 0 Å². The van der Waals surface area contributed by atoms with E-state index < -0.39 is 5.54 Å². The average molecular weight is 247 g/mol. The Labute approximate surface area is 104 Å². The summed E-state index contributed by atoms with van der Waals surface area (Å²) in [6.07, 6.45) is 0.440. The third kappa shape index (κ3) is 7.31. The fourth-order valence-corrected chi connectivity index (χ4v) is 1.20. The molecule has 0 aromatic rings. The van der Waals surface area contributed by atoms with Gasteiger partial charge in [-0.25, -0.2) is 0 Å². The summed E-state index contributed by atoms with van der Waals surface area (Å²) in [5.41, 5.74) is 4.86. The van der Waals surface area contributed by atoms with Gasteiger partial charge in [0.05, 0.1) is 19.3 Å². The molecule has 102 valence electrons. The average Bonchev–Trinajstić information content (AvgIpc) is 2.26. The molecule has 0 aliphatic carbocycles. The second-order valence-electron chi connectivity index (χ2n) is 4.23. The highest BCUT2D eigenvalue weighted by molar-refractivity contribution is 5.79. The van der Waals surface area contributed by atoms with Gasteiger partial charge in [0.15, 0.2) is 0 Å². The Bertz CT molecular complexity index is 219. The maximum absolute atomic E-state index is 11.5. The van der Waals surface area contributed by atoms with Gasteiger partial charge >= 0.3 is 5.97 Å². The van der Waals surface area contributed by atoms with Crippen molar-refractivity contribution in [2.75, 3.05) is 26.4 Å². The lowest BCUT2D eigenvalue weighted by Crippen LogP contribution is -2.47. The van der Waals surface area contributed by atoms with Gasteiger partial charge in [-0.15, -0.1) is 0 Å². The Morgan fingerprint density at radius 1 is 1.35 bits per heavy atom. The number of carbonyl (C=O) groups is 1. The van der Waals surface area contributed by atoms with Crippen molar-refractivity contribution in [2.24, 2.45) is 5.73 Å². The van der Waals surface area contributed by atoms with Crippen LogP contribution >= 0.6 is 0 Å². The van der Waals surface area contributed by atoms with E-state index in [0.717, 1.165) is 0 Å². The first-order valence-corrected chi connectivity index (χ1v) is 6.09. The minimum Gasteiger partial charge on any atom is -0.465 e. The molecule has 0 saturated carbocycles. The molecule has 0 rings (SSSR count). The zero-order valence-corrected chi connectivity index (χ0v) is 11.3. The van der Waals surface area contributed by atoms with Gasteiger partial charge < -0.3 is 19.9 Å². The number of nitrogens with two attached hydrogens (primary N) is 1. The summed E-state index contributed by atoms with van der Waals surface area (Å²) >= 11 is 0. The molecule has 2 atom stereocenters. The van der Waals surface area contributed by atoms with Crippen LogP contribution in [0.4, 0.5) is 0 Å². The standard InChI is InChI=1S/C12H25NO4/c1-5-15-9-10(3)17-8-7-12(4,13)11(14)16-6-2/h10H,5-9,13H2,1-4H3. The summed E-state index contributed by atoms with van der Waals surface area (Å²) in [5, 5.41) is 0. The first-order chi connectivity index (χ1) is 7.94. The highest BCUT2D eigenvalue weighted by Crippen LogP contribution is 2.09. The highest BCUT2D eigenvalue weighted by Gasteiger charge is 2.29. The number of esters is 1. The van der Waals surface area contributed by atoms with Gasteiger partial charge in [-0.2, -0.15) is 0 Å². The first-order valence-electron chi connectivity index (χ1n) is 6.09. The molecule has 0 heterocycles. The number of hydrogen-bond donors (Lipinski definition) is 1. The van der Waals surface area contributed by atoms with Crippen LogP contribution in [-0.4, -0.2) is 44.0 Å². The van der Waals surface area contributed by atoms with Crippen molar-refractivity contribution in [3.05, 3.63) is 0 Å². The van der Waals surface area contributed by atoms with Crippen molar-refractivity contribution >= 4 is 5.97 Å². The molecule has 2 unspecified atom stereocenters. The highest BCUT2D eigenvalue weighted by atomic mass is 16.5. The van der Waals surface area contributed by atoms with Crippen LogP contribution in [0.15, 0.2) is 0 Å². The van der Waals surface area contributed by atoms with Crippen molar-refractivity contribution in [2.45, 2.75) is 45.8 Å². The maximum atomic E-state index is 11.5. The van der Waals surface area contributed by atoms with Crippen LogP contribution in [0.1, 0.15) is 34.1 Å². The van der Waals surface area contributed by atoms with Gasteiger partial charge in [-0.05, 0) is 34.1 Å². The molecule has 0 amide bonds. The van der Waals surface area contributed by atoms with Crippen LogP contribution in [0, 0.1) is 0 Å². The van der Waals surface area contributed by atoms with E-state index >= 15 is 0 Å². The predicted octanol–water partition coefficient (Wildman–Crippen LogP) is 1.10. The van der Waals surface area contributed by atoms with Gasteiger partial charge in [-0.1, -0.05) is 0 Å². The molecule has 0 saturated heterocycles. The quantitative estimate of drug-likeness (QED) is 0.618. The number of rotatable bonds is 9. The number of carbonyl (C=O) groups excluding carboxylic acids is 1. The molecule has 17 heavy (non-hydrogen) atoms. The molecule has 0 aliphatic heterocycles. The van der Waals surface area contributed by atoms with Crippen LogP contribution < -0.4 is 5.73 Å². The Balaban J connectivity index is 3.82. The minimum absolute atomic E-state index is 0.00736. The van der Waals surface area contributed by atoms with E-state index in [2.05, 4.69) is 0 Å². The molecule has 0 aliphatic rings. The molecular formula is C12H25NO4. The van der Waals surface area contributed by atoms with Crippen LogP contribution in [0.3, 0.4) is 0 Å². The summed E-state index contributed by atoms with van der Waals surface area (Å²) in [7, 11) is 0. The van der Waals surface area contributed by atoms with Crippen molar-refractivity contribution in [1.29, 1.82) is 0 Å². The molecule has 5 heteroatoms. The first kappa shape index (κ1) is 16.4.